The molecule has 0 heterocycles. The number of carboxylic acids is 1. The van der Waals surface area contributed by atoms with E-state index >= 15 is 0 Å². The van der Waals surface area contributed by atoms with Crippen molar-refractivity contribution < 1.29 is 19.4 Å². The summed E-state index contributed by atoms with van der Waals surface area (Å²) in [7, 11) is 1.95. The normalized spacial score (nSPS) is 12.5. The predicted octanol–water partition coefficient (Wildman–Crippen LogP) is 3.71. The topological polar surface area (TPSA) is 78.9 Å². The number of rotatable bonds is 10. The van der Waals surface area contributed by atoms with Gasteiger partial charge in [0.2, 0.25) is 0 Å². The molecule has 1 aliphatic rings. The molecule has 29 heavy (non-hydrogen) atoms. The Morgan fingerprint density at radius 2 is 1.59 bits per heavy atom. The highest BCUT2D eigenvalue weighted by atomic mass is 16.5. The SMILES string of the molecule is CN(CCCNC(=O)OCC1c2ccccc2-c2ccccc21)CCCC(=O)O. The second-order valence-electron chi connectivity index (χ2n) is 7.41. The van der Waals surface area contributed by atoms with Crippen molar-refractivity contribution in [3.05, 3.63) is 59.7 Å². The number of fused-ring (bicyclic) bond motifs is 3. The maximum atomic E-state index is 12.1. The first-order valence-electron chi connectivity index (χ1n) is 10.1. The molecule has 6 heteroatoms. The lowest BCUT2D eigenvalue weighted by Gasteiger charge is -2.17. The molecule has 0 spiro atoms. The Morgan fingerprint density at radius 1 is 1.00 bits per heavy atom. The number of nitrogens with one attached hydrogen (secondary N) is 1. The Bertz CT molecular complexity index is 807. The summed E-state index contributed by atoms with van der Waals surface area (Å²) >= 11 is 0. The third kappa shape index (κ3) is 5.57. The molecule has 0 bridgehead atoms. The van der Waals surface area contributed by atoms with Crippen molar-refractivity contribution in [3.63, 3.8) is 0 Å². The maximum Gasteiger partial charge on any atom is 0.407 e. The minimum Gasteiger partial charge on any atom is -0.481 e. The van der Waals surface area contributed by atoms with Gasteiger partial charge in [-0.2, -0.15) is 0 Å². The van der Waals surface area contributed by atoms with Gasteiger partial charge < -0.3 is 20.1 Å². The van der Waals surface area contributed by atoms with Crippen LogP contribution in [0.25, 0.3) is 11.1 Å². The van der Waals surface area contributed by atoms with E-state index in [2.05, 4.69) is 34.5 Å². The summed E-state index contributed by atoms with van der Waals surface area (Å²) in [5, 5.41) is 11.5. The highest BCUT2D eigenvalue weighted by Gasteiger charge is 2.28. The fourth-order valence-corrected chi connectivity index (χ4v) is 3.80. The lowest BCUT2D eigenvalue weighted by molar-refractivity contribution is -0.137. The van der Waals surface area contributed by atoms with Gasteiger partial charge in [-0.3, -0.25) is 4.79 Å². The average molecular weight is 396 g/mol. The van der Waals surface area contributed by atoms with Crippen LogP contribution in [0.3, 0.4) is 0 Å². The Balaban J connectivity index is 1.41. The van der Waals surface area contributed by atoms with Gasteiger partial charge in [-0.15, -0.1) is 0 Å². The third-order valence-corrected chi connectivity index (χ3v) is 5.26. The molecular formula is C23H28N2O4. The number of carbonyl (C=O) groups is 2. The molecule has 1 amide bonds. The first-order valence-corrected chi connectivity index (χ1v) is 10.1. The van der Waals surface area contributed by atoms with Gasteiger partial charge in [-0.25, -0.2) is 4.79 Å². The van der Waals surface area contributed by atoms with Crippen LogP contribution in [0.5, 0.6) is 0 Å². The molecule has 2 aromatic carbocycles. The van der Waals surface area contributed by atoms with Crippen LogP contribution in [0, 0.1) is 0 Å². The summed E-state index contributed by atoms with van der Waals surface area (Å²) in [5.41, 5.74) is 4.82. The number of nitrogens with zero attached hydrogens (tertiary/aromatic N) is 1. The zero-order valence-electron chi connectivity index (χ0n) is 16.8. The minimum absolute atomic E-state index is 0.0634. The summed E-state index contributed by atoms with van der Waals surface area (Å²) in [6.07, 6.45) is 1.20. The van der Waals surface area contributed by atoms with E-state index in [1.165, 1.54) is 22.3 Å². The largest absolute Gasteiger partial charge is 0.481 e. The van der Waals surface area contributed by atoms with Gasteiger partial charge in [0.15, 0.2) is 0 Å². The molecule has 0 atom stereocenters. The summed E-state index contributed by atoms with van der Waals surface area (Å²) in [5.74, 6) is -0.705. The van der Waals surface area contributed by atoms with E-state index in [9.17, 15) is 9.59 Å². The number of ether oxygens (including phenoxy) is 1. The standard InChI is InChI=1S/C23H28N2O4/c1-25(14-6-12-22(26)27)15-7-13-24-23(28)29-16-21-19-10-4-2-8-17(19)18-9-3-5-11-20(18)21/h2-5,8-11,21H,6-7,12-16H2,1H3,(H,24,28)(H,26,27). The Hall–Kier alpha value is -2.86. The smallest absolute Gasteiger partial charge is 0.407 e. The summed E-state index contributed by atoms with van der Waals surface area (Å²) in [6.45, 7) is 2.37. The Kier molecular flexibility index (Phi) is 7.25. The monoisotopic (exact) mass is 396 g/mol. The van der Waals surface area contributed by atoms with E-state index < -0.39 is 12.1 Å². The van der Waals surface area contributed by atoms with E-state index in [-0.39, 0.29) is 12.3 Å². The summed E-state index contributed by atoms with van der Waals surface area (Å²) < 4.78 is 5.51. The lowest BCUT2D eigenvalue weighted by atomic mass is 9.98. The number of aliphatic carboxylic acids is 1. The van der Waals surface area contributed by atoms with Crippen LogP contribution in [0.15, 0.2) is 48.5 Å². The van der Waals surface area contributed by atoms with Crippen LogP contribution < -0.4 is 5.32 Å². The minimum atomic E-state index is -0.768. The molecule has 0 saturated carbocycles. The predicted molar refractivity (Wildman–Crippen MR) is 112 cm³/mol. The Morgan fingerprint density at radius 3 is 2.21 bits per heavy atom. The van der Waals surface area contributed by atoms with Gasteiger partial charge in [-0.05, 0) is 55.2 Å². The van der Waals surface area contributed by atoms with Crippen LogP contribution in [0.4, 0.5) is 4.79 Å². The van der Waals surface area contributed by atoms with Crippen LogP contribution in [-0.2, 0) is 9.53 Å². The molecule has 3 rings (SSSR count). The van der Waals surface area contributed by atoms with Gasteiger partial charge in [0.25, 0.3) is 0 Å². The fraction of sp³-hybridized carbons (Fsp3) is 0.391. The van der Waals surface area contributed by atoms with Crippen LogP contribution >= 0.6 is 0 Å². The van der Waals surface area contributed by atoms with E-state index in [1.54, 1.807) is 0 Å². The number of carbonyl (C=O) groups excluding carboxylic acids is 1. The van der Waals surface area contributed by atoms with Gasteiger partial charge in [0.1, 0.15) is 6.61 Å². The van der Waals surface area contributed by atoms with E-state index in [1.807, 2.05) is 31.3 Å². The number of carboxylic acid groups (broad SMARTS) is 1. The number of alkyl carbamates (subject to hydrolysis) is 1. The lowest BCUT2D eigenvalue weighted by Crippen LogP contribution is -2.30. The molecule has 1 aliphatic carbocycles. The number of amides is 1. The van der Waals surface area contributed by atoms with Crippen LogP contribution in [0.1, 0.15) is 36.3 Å². The fourth-order valence-electron chi connectivity index (χ4n) is 3.80. The van der Waals surface area contributed by atoms with E-state index in [0.717, 1.165) is 19.5 Å². The first kappa shape index (κ1) is 20.9. The third-order valence-electron chi connectivity index (χ3n) is 5.26. The maximum absolute atomic E-state index is 12.1. The van der Waals surface area contributed by atoms with Gasteiger partial charge >= 0.3 is 12.1 Å². The van der Waals surface area contributed by atoms with Crippen molar-refractivity contribution in [3.8, 4) is 11.1 Å². The molecule has 0 radical (unpaired) electrons. The van der Waals surface area contributed by atoms with E-state index in [4.69, 9.17) is 9.84 Å². The van der Waals surface area contributed by atoms with Crippen molar-refractivity contribution >= 4 is 12.1 Å². The highest BCUT2D eigenvalue weighted by Crippen LogP contribution is 2.44. The highest BCUT2D eigenvalue weighted by molar-refractivity contribution is 5.79. The molecule has 2 N–H and O–H groups in total. The van der Waals surface area contributed by atoms with Crippen LogP contribution in [-0.4, -0.2) is 55.4 Å². The van der Waals surface area contributed by atoms with Gasteiger partial charge in [-0.1, -0.05) is 48.5 Å². The van der Waals surface area contributed by atoms with Crippen molar-refractivity contribution in [2.24, 2.45) is 0 Å². The van der Waals surface area contributed by atoms with Crippen molar-refractivity contribution in [2.45, 2.75) is 25.2 Å². The molecule has 0 saturated heterocycles. The molecule has 154 valence electrons. The van der Waals surface area contributed by atoms with E-state index in [0.29, 0.717) is 19.6 Å². The quantitative estimate of drug-likeness (QED) is 0.599. The summed E-state index contributed by atoms with van der Waals surface area (Å²) in [6, 6.07) is 16.5. The van der Waals surface area contributed by atoms with Crippen molar-refractivity contribution in [1.82, 2.24) is 10.2 Å². The van der Waals surface area contributed by atoms with Crippen LogP contribution in [0.2, 0.25) is 0 Å². The molecule has 2 aromatic rings. The second kappa shape index (κ2) is 10.1. The molecule has 0 aliphatic heterocycles. The zero-order chi connectivity index (χ0) is 20.6. The molecule has 0 unspecified atom stereocenters. The van der Waals surface area contributed by atoms with Crippen molar-refractivity contribution in [1.29, 1.82) is 0 Å². The first-order chi connectivity index (χ1) is 14.1. The molecule has 0 aromatic heterocycles. The Labute approximate surface area is 171 Å². The second-order valence-corrected chi connectivity index (χ2v) is 7.41. The molecule has 6 nitrogen and oxygen atoms in total. The number of benzene rings is 2. The van der Waals surface area contributed by atoms with Gasteiger partial charge in [0.05, 0.1) is 0 Å². The summed E-state index contributed by atoms with van der Waals surface area (Å²) in [4.78, 5) is 24.7. The number of hydrogen-bond acceptors (Lipinski definition) is 4. The molecular weight excluding hydrogens is 368 g/mol. The number of hydrogen-bond donors (Lipinski definition) is 2. The zero-order valence-corrected chi connectivity index (χ0v) is 16.8. The average Bonchev–Trinajstić information content (AvgIpc) is 3.03. The molecule has 0 fully saturated rings. The van der Waals surface area contributed by atoms with Gasteiger partial charge in [0, 0.05) is 18.9 Å². The van der Waals surface area contributed by atoms with Crippen molar-refractivity contribution in [2.75, 3.05) is 33.3 Å².